The van der Waals surface area contributed by atoms with Gasteiger partial charge in [-0.25, -0.2) is 0 Å². The molecule has 1 heterocycles. The van der Waals surface area contributed by atoms with Gasteiger partial charge in [-0.2, -0.15) is 4.98 Å². The molecule has 2 atom stereocenters. The minimum absolute atomic E-state index is 0. The van der Waals surface area contributed by atoms with Crippen LogP contribution in [0.5, 0.6) is 0 Å². The highest BCUT2D eigenvalue weighted by atomic mass is 127. The van der Waals surface area contributed by atoms with Crippen molar-refractivity contribution in [3.8, 4) is 11.4 Å². The number of nitrogens with one attached hydrogen (secondary N) is 2. The number of hydrogen-bond donors (Lipinski definition) is 2. The van der Waals surface area contributed by atoms with Gasteiger partial charge in [0.25, 0.3) is 0 Å². The number of nitrogens with zero attached hydrogens (tertiary/aromatic N) is 3. The molecule has 2 N–H and O–H groups in total. The lowest BCUT2D eigenvalue weighted by Gasteiger charge is -2.09. The molecule has 0 saturated heterocycles. The molecule has 1 aromatic carbocycles. The third-order valence-corrected chi connectivity index (χ3v) is 3.85. The summed E-state index contributed by atoms with van der Waals surface area (Å²) < 4.78 is 5.25. The van der Waals surface area contributed by atoms with Gasteiger partial charge < -0.3 is 15.2 Å². The largest absolute Gasteiger partial charge is 0.353 e. The van der Waals surface area contributed by atoms with E-state index in [9.17, 15) is 0 Å². The van der Waals surface area contributed by atoms with Gasteiger partial charge >= 0.3 is 0 Å². The van der Waals surface area contributed by atoms with Crippen molar-refractivity contribution in [3.05, 3.63) is 35.2 Å². The zero-order chi connectivity index (χ0) is 15.5. The number of aromatic nitrogens is 2. The van der Waals surface area contributed by atoms with Crippen molar-refractivity contribution in [1.29, 1.82) is 0 Å². The summed E-state index contributed by atoms with van der Waals surface area (Å²) in [6.45, 7) is 2.63. The zero-order valence-electron chi connectivity index (χ0n) is 12.9. The Hall–Kier alpha value is -1.35. The van der Waals surface area contributed by atoms with Gasteiger partial charge in [-0.1, -0.05) is 35.8 Å². The minimum Gasteiger partial charge on any atom is -0.353 e. The Morgan fingerprint density at radius 3 is 2.91 bits per heavy atom. The molecule has 0 amide bonds. The third-order valence-electron chi connectivity index (χ3n) is 3.61. The summed E-state index contributed by atoms with van der Waals surface area (Å²) in [5.74, 6) is 2.48. The molecule has 1 fully saturated rings. The van der Waals surface area contributed by atoms with E-state index in [1.807, 2.05) is 18.2 Å². The van der Waals surface area contributed by atoms with Crippen LogP contribution in [0.25, 0.3) is 11.4 Å². The second kappa shape index (κ2) is 7.96. The molecule has 3 rings (SSSR count). The number of rotatable bonds is 4. The van der Waals surface area contributed by atoms with Crippen LogP contribution in [0.15, 0.2) is 33.8 Å². The van der Waals surface area contributed by atoms with Crippen molar-refractivity contribution in [2.45, 2.75) is 25.9 Å². The van der Waals surface area contributed by atoms with Crippen molar-refractivity contribution >= 4 is 41.5 Å². The lowest BCUT2D eigenvalue weighted by molar-refractivity contribution is 0.375. The Labute approximate surface area is 157 Å². The number of hydrogen-bond acceptors (Lipinski definition) is 4. The molecule has 0 aliphatic heterocycles. The highest BCUT2D eigenvalue weighted by Gasteiger charge is 2.33. The van der Waals surface area contributed by atoms with E-state index in [0.29, 0.717) is 35.2 Å². The lowest BCUT2D eigenvalue weighted by Crippen LogP contribution is -2.38. The monoisotopic (exact) mass is 447 g/mol. The first-order valence-corrected chi connectivity index (χ1v) is 7.59. The van der Waals surface area contributed by atoms with Crippen LogP contribution in [-0.4, -0.2) is 29.2 Å². The van der Waals surface area contributed by atoms with E-state index in [0.717, 1.165) is 11.5 Å². The summed E-state index contributed by atoms with van der Waals surface area (Å²) in [6, 6.07) is 7.87. The predicted molar refractivity (Wildman–Crippen MR) is 101 cm³/mol. The van der Waals surface area contributed by atoms with Crippen molar-refractivity contribution < 1.29 is 4.52 Å². The van der Waals surface area contributed by atoms with Crippen LogP contribution in [0.1, 0.15) is 19.2 Å². The van der Waals surface area contributed by atoms with Crippen LogP contribution in [0.3, 0.4) is 0 Å². The Morgan fingerprint density at radius 1 is 1.48 bits per heavy atom. The number of guanidine groups is 1. The molecule has 0 radical (unpaired) electrons. The molecule has 0 bridgehead atoms. The average Bonchev–Trinajstić information content (AvgIpc) is 3.01. The molecule has 1 aliphatic rings. The number of halogens is 2. The van der Waals surface area contributed by atoms with E-state index in [4.69, 9.17) is 16.1 Å². The molecule has 2 aromatic rings. The standard InChI is InChI=1S/C15H18ClN5O.HI/c1-9-6-12(9)19-15(17-2)18-8-13-20-14(21-22-13)10-4-3-5-11(16)7-10;/h3-5,7,9,12H,6,8H2,1-2H3,(H2,17,18,19);1H. The Kier molecular flexibility index (Phi) is 6.23. The van der Waals surface area contributed by atoms with E-state index < -0.39 is 0 Å². The van der Waals surface area contributed by atoms with Crippen LogP contribution < -0.4 is 10.6 Å². The van der Waals surface area contributed by atoms with Crippen LogP contribution in [0, 0.1) is 5.92 Å². The molecule has 124 valence electrons. The Morgan fingerprint density at radius 2 is 2.26 bits per heavy atom. The maximum absolute atomic E-state index is 5.97. The maximum Gasteiger partial charge on any atom is 0.246 e. The van der Waals surface area contributed by atoms with Gasteiger partial charge in [0.2, 0.25) is 11.7 Å². The Balaban J connectivity index is 0.00000192. The second-order valence-corrected chi connectivity index (χ2v) is 5.85. The normalized spacial score (nSPS) is 19.9. The van der Waals surface area contributed by atoms with Crippen LogP contribution >= 0.6 is 35.6 Å². The summed E-state index contributed by atoms with van der Waals surface area (Å²) in [5.41, 5.74) is 0.830. The van der Waals surface area contributed by atoms with Gasteiger partial charge in [-0.15, -0.1) is 24.0 Å². The highest BCUT2D eigenvalue weighted by molar-refractivity contribution is 14.0. The average molecular weight is 448 g/mol. The van der Waals surface area contributed by atoms with Crippen molar-refractivity contribution in [2.24, 2.45) is 10.9 Å². The fourth-order valence-corrected chi connectivity index (χ4v) is 2.31. The molecule has 1 aliphatic carbocycles. The smallest absolute Gasteiger partial charge is 0.246 e. The van der Waals surface area contributed by atoms with E-state index >= 15 is 0 Å². The summed E-state index contributed by atoms with van der Waals surface area (Å²) in [4.78, 5) is 8.54. The molecular weight excluding hydrogens is 429 g/mol. The van der Waals surface area contributed by atoms with Crippen LogP contribution in [-0.2, 0) is 6.54 Å². The molecule has 1 saturated carbocycles. The van der Waals surface area contributed by atoms with Crippen LogP contribution in [0.2, 0.25) is 5.02 Å². The first kappa shape index (κ1) is 18.0. The molecule has 8 heteroatoms. The molecular formula is C15H19ClIN5O. The molecule has 0 spiro atoms. The van der Waals surface area contributed by atoms with E-state index in [2.05, 4.69) is 32.7 Å². The van der Waals surface area contributed by atoms with Crippen LogP contribution in [0.4, 0.5) is 0 Å². The molecule has 23 heavy (non-hydrogen) atoms. The first-order chi connectivity index (χ1) is 10.7. The molecule has 2 unspecified atom stereocenters. The Bertz CT molecular complexity index is 690. The topological polar surface area (TPSA) is 75.3 Å². The lowest BCUT2D eigenvalue weighted by atomic mass is 10.2. The summed E-state index contributed by atoms with van der Waals surface area (Å²) >= 11 is 5.97. The maximum atomic E-state index is 5.97. The van der Waals surface area contributed by atoms with Gasteiger partial charge in [0.05, 0.1) is 6.54 Å². The van der Waals surface area contributed by atoms with Gasteiger partial charge in [0.1, 0.15) is 0 Å². The number of benzene rings is 1. The minimum atomic E-state index is 0. The summed E-state index contributed by atoms with van der Waals surface area (Å²) in [6.07, 6.45) is 1.18. The fraction of sp³-hybridized carbons (Fsp3) is 0.400. The van der Waals surface area contributed by atoms with E-state index in [-0.39, 0.29) is 24.0 Å². The van der Waals surface area contributed by atoms with Gasteiger partial charge in [-0.3, -0.25) is 4.99 Å². The fourth-order valence-electron chi connectivity index (χ4n) is 2.12. The number of aliphatic imine (C=N–C) groups is 1. The van der Waals surface area contributed by atoms with Crippen molar-refractivity contribution in [1.82, 2.24) is 20.8 Å². The van der Waals surface area contributed by atoms with E-state index in [1.165, 1.54) is 6.42 Å². The zero-order valence-corrected chi connectivity index (χ0v) is 16.0. The molecule has 6 nitrogen and oxygen atoms in total. The summed E-state index contributed by atoms with van der Waals surface area (Å²) in [5, 5.41) is 11.1. The van der Waals surface area contributed by atoms with Gasteiger partial charge in [0, 0.05) is 23.7 Å². The predicted octanol–water partition coefficient (Wildman–Crippen LogP) is 3.08. The quantitative estimate of drug-likeness (QED) is 0.428. The van der Waals surface area contributed by atoms with E-state index in [1.54, 1.807) is 13.1 Å². The van der Waals surface area contributed by atoms with Gasteiger partial charge in [0.15, 0.2) is 5.96 Å². The van der Waals surface area contributed by atoms with Crippen molar-refractivity contribution in [2.75, 3.05) is 7.05 Å². The molecule has 1 aromatic heterocycles. The van der Waals surface area contributed by atoms with Gasteiger partial charge in [-0.05, 0) is 24.5 Å². The SMILES string of the molecule is CN=C(NCc1nc(-c2cccc(Cl)c2)no1)NC1CC1C.I. The first-order valence-electron chi connectivity index (χ1n) is 7.21. The van der Waals surface area contributed by atoms with Crippen molar-refractivity contribution in [3.63, 3.8) is 0 Å². The third kappa shape index (κ3) is 4.81. The second-order valence-electron chi connectivity index (χ2n) is 5.41. The highest BCUT2D eigenvalue weighted by Crippen LogP contribution is 2.28. The summed E-state index contributed by atoms with van der Waals surface area (Å²) in [7, 11) is 1.74.